The second kappa shape index (κ2) is 2.37. The number of hydrogen-bond acceptors (Lipinski definition) is 3. The van der Waals surface area contributed by atoms with Gasteiger partial charge in [-0.05, 0) is 12.3 Å². The molecular weight excluding hydrogens is 172 g/mol. The summed E-state index contributed by atoms with van der Waals surface area (Å²) in [4.78, 5) is 21.7. The molecule has 3 N–H and O–H groups in total. The summed E-state index contributed by atoms with van der Waals surface area (Å²) in [5, 5.41) is 2.73. The van der Waals surface area contributed by atoms with Gasteiger partial charge in [0, 0.05) is 5.92 Å². The molecular formula is C8H12N2O3. The zero-order valence-electron chi connectivity index (χ0n) is 7.37. The van der Waals surface area contributed by atoms with Gasteiger partial charge in [-0.3, -0.25) is 4.79 Å². The Hall–Kier alpha value is -1.26. The highest BCUT2D eigenvalue weighted by Gasteiger charge is 2.58. The first-order chi connectivity index (χ1) is 6.05. The highest BCUT2D eigenvalue weighted by Crippen LogP contribution is 2.45. The number of amides is 2. The molecule has 72 valence electrons. The molecule has 5 heteroatoms. The van der Waals surface area contributed by atoms with E-state index >= 15 is 0 Å². The van der Waals surface area contributed by atoms with Crippen molar-refractivity contribution < 1.29 is 14.3 Å². The van der Waals surface area contributed by atoms with Gasteiger partial charge in [-0.15, -0.1) is 0 Å². The predicted octanol–water partition coefficient (Wildman–Crippen LogP) is -0.394. The Bertz CT molecular complexity index is 279. The first-order valence-electron chi connectivity index (χ1n) is 4.29. The van der Waals surface area contributed by atoms with E-state index in [-0.39, 0.29) is 23.3 Å². The summed E-state index contributed by atoms with van der Waals surface area (Å²) in [5.41, 5.74) is 4.86. The van der Waals surface area contributed by atoms with Crippen LogP contribution >= 0.6 is 0 Å². The standard InChI is InChI=1S/C8H12N2O3/c1-4-5(6(9)11)2-8(4)3-13-7(12)10-8/h4-5H,2-3H2,1H3,(H2,9,11)(H,10,12). The lowest BCUT2D eigenvalue weighted by atomic mass is 9.60. The number of carbonyl (C=O) groups excluding carboxylic acids is 2. The second-order valence-corrected chi connectivity index (χ2v) is 3.86. The molecule has 0 bridgehead atoms. The summed E-state index contributed by atoms with van der Waals surface area (Å²) in [6, 6.07) is 0. The molecule has 1 heterocycles. The molecule has 1 saturated heterocycles. The Labute approximate surface area is 75.6 Å². The maximum absolute atomic E-state index is 10.9. The van der Waals surface area contributed by atoms with Gasteiger partial charge in [-0.1, -0.05) is 6.92 Å². The fourth-order valence-electron chi connectivity index (χ4n) is 2.15. The van der Waals surface area contributed by atoms with E-state index in [2.05, 4.69) is 5.32 Å². The van der Waals surface area contributed by atoms with Gasteiger partial charge in [-0.2, -0.15) is 0 Å². The maximum Gasteiger partial charge on any atom is 0.407 e. The van der Waals surface area contributed by atoms with Gasteiger partial charge < -0.3 is 15.8 Å². The third-order valence-electron chi connectivity index (χ3n) is 3.24. The van der Waals surface area contributed by atoms with E-state index in [0.29, 0.717) is 13.0 Å². The molecule has 0 aromatic rings. The molecule has 1 saturated carbocycles. The lowest BCUT2D eigenvalue weighted by Gasteiger charge is -2.48. The lowest BCUT2D eigenvalue weighted by Crippen LogP contribution is -2.64. The van der Waals surface area contributed by atoms with E-state index in [1.54, 1.807) is 0 Å². The predicted molar refractivity (Wildman–Crippen MR) is 43.7 cm³/mol. The average molecular weight is 184 g/mol. The summed E-state index contributed by atoms with van der Waals surface area (Å²) in [7, 11) is 0. The molecule has 13 heavy (non-hydrogen) atoms. The molecule has 0 radical (unpaired) electrons. The van der Waals surface area contributed by atoms with Crippen LogP contribution in [0.1, 0.15) is 13.3 Å². The monoisotopic (exact) mass is 184 g/mol. The third-order valence-corrected chi connectivity index (χ3v) is 3.24. The van der Waals surface area contributed by atoms with Crippen molar-refractivity contribution in [2.45, 2.75) is 18.9 Å². The molecule has 0 aromatic carbocycles. The molecule has 5 nitrogen and oxygen atoms in total. The number of nitrogens with two attached hydrogens (primary N) is 1. The van der Waals surface area contributed by atoms with Crippen molar-refractivity contribution in [1.82, 2.24) is 5.32 Å². The first-order valence-corrected chi connectivity index (χ1v) is 4.29. The van der Waals surface area contributed by atoms with Crippen LogP contribution in [0.3, 0.4) is 0 Å². The quantitative estimate of drug-likeness (QED) is 0.582. The lowest BCUT2D eigenvalue weighted by molar-refractivity contribution is -0.131. The highest BCUT2D eigenvalue weighted by molar-refractivity contribution is 5.80. The smallest absolute Gasteiger partial charge is 0.407 e. The van der Waals surface area contributed by atoms with Crippen molar-refractivity contribution >= 4 is 12.0 Å². The molecule has 3 unspecified atom stereocenters. The van der Waals surface area contributed by atoms with Crippen LogP contribution in [0.2, 0.25) is 0 Å². The summed E-state index contributed by atoms with van der Waals surface area (Å²) in [5.74, 6) is -0.335. The summed E-state index contributed by atoms with van der Waals surface area (Å²) >= 11 is 0. The third kappa shape index (κ3) is 0.993. The minimum atomic E-state index is -0.394. The molecule has 1 aliphatic carbocycles. The normalized spacial score (nSPS) is 42.4. The largest absolute Gasteiger partial charge is 0.447 e. The van der Waals surface area contributed by atoms with E-state index < -0.39 is 6.09 Å². The van der Waals surface area contributed by atoms with Gasteiger partial charge in [0.25, 0.3) is 0 Å². The van der Waals surface area contributed by atoms with E-state index in [0.717, 1.165) is 0 Å². The van der Waals surface area contributed by atoms with Gasteiger partial charge in [-0.25, -0.2) is 4.79 Å². The van der Waals surface area contributed by atoms with E-state index in [4.69, 9.17) is 10.5 Å². The van der Waals surface area contributed by atoms with E-state index in [1.165, 1.54) is 0 Å². The van der Waals surface area contributed by atoms with Crippen molar-refractivity contribution in [3.63, 3.8) is 0 Å². The van der Waals surface area contributed by atoms with Gasteiger partial charge in [0.05, 0.1) is 5.54 Å². The van der Waals surface area contributed by atoms with Crippen LogP contribution in [0.5, 0.6) is 0 Å². The summed E-state index contributed by atoms with van der Waals surface area (Å²) in [6.45, 7) is 2.27. The van der Waals surface area contributed by atoms with E-state index in [1.807, 2.05) is 6.92 Å². The van der Waals surface area contributed by atoms with Crippen LogP contribution in [0.25, 0.3) is 0 Å². The highest BCUT2D eigenvalue weighted by atomic mass is 16.6. The zero-order valence-corrected chi connectivity index (χ0v) is 7.37. The molecule has 2 amide bonds. The number of rotatable bonds is 1. The maximum atomic E-state index is 10.9. The number of alkyl carbamates (subject to hydrolysis) is 1. The van der Waals surface area contributed by atoms with Crippen LogP contribution in [0, 0.1) is 11.8 Å². The topological polar surface area (TPSA) is 81.4 Å². The zero-order chi connectivity index (χ0) is 9.64. The number of carbonyl (C=O) groups is 2. The molecule has 3 atom stereocenters. The van der Waals surface area contributed by atoms with Gasteiger partial charge in [0.2, 0.25) is 5.91 Å². The summed E-state index contributed by atoms with van der Waals surface area (Å²) < 4.78 is 4.81. The molecule has 2 fully saturated rings. The SMILES string of the molecule is CC1C(C(N)=O)CC12COC(=O)N2. The molecule has 2 rings (SSSR count). The van der Waals surface area contributed by atoms with Gasteiger partial charge in [0.1, 0.15) is 6.61 Å². The number of cyclic esters (lactones) is 1. The Morgan fingerprint density at radius 2 is 2.46 bits per heavy atom. The Kier molecular flexibility index (Phi) is 1.52. The van der Waals surface area contributed by atoms with Crippen molar-refractivity contribution in [2.24, 2.45) is 17.6 Å². The number of primary amides is 1. The summed E-state index contributed by atoms with van der Waals surface area (Å²) in [6.07, 6.45) is 0.213. The first kappa shape index (κ1) is 8.34. The van der Waals surface area contributed by atoms with Gasteiger partial charge in [0.15, 0.2) is 0 Å². The minimum Gasteiger partial charge on any atom is -0.447 e. The Balaban J connectivity index is 2.07. The minimum absolute atomic E-state index is 0.0800. The van der Waals surface area contributed by atoms with Crippen LogP contribution in [0.4, 0.5) is 4.79 Å². The number of hydrogen-bond donors (Lipinski definition) is 2. The van der Waals surface area contributed by atoms with Gasteiger partial charge >= 0.3 is 6.09 Å². The molecule has 0 aromatic heterocycles. The molecule has 2 aliphatic rings. The second-order valence-electron chi connectivity index (χ2n) is 3.86. The van der Waals surface area contributed by atoms with Crippen LogP contribution in [-0.4, -0.2) is 24.1 Å². The fourth-order valence-corrected chi connectivity index (χ4v) is 2.15. The number of nitrogens with one attached hydrogen (secondary N) is 1. The fraction of sp³-hybridized carbons (Fsp3) is 0.750. The van der Waals surface area contributed by atoms with Crippen LogP contribution in [0.15, 0.2) is 0 Å². The van der Waals surface area contributed by atoms with E-state index in [9.17, 15) is 9.59 Å². The average Bonchev–Trinajstić information content (AvgIpc) is 2.45. The number of ether oxygens (including phenoxy) is 1. The van der Waals surface area contributed by atoms with Crippen LogP contribution < -0.4 is 11.1 Å². The van der Waals surface area contributed by atoms with Crippen LogP contribution in [-0.2, 0) is 9.53 Å². The van der Waals surface area contributed by atoms with Crippen molar-refractivity contribution in [1.29, 1.82) is 0 Å². The molecule has 1 aliphatic heterocycles. The van der Waals surface area contributed by atoms with Crippen molar-refractivity contribution in [3.8, 4) is 0 Å². The Morgan fingerprint density at radius 3 is 2.85 bits per heavy atom. The Morgan fingerprint density at radius 1 is 1.77 bits per heavy atom. The van der Waals surface area contributed by atoms with Crippen molar-refractivity contribution in [2.75, 3.05) is 6.61 Å². The molecule has 1 spiro atoms. The van der Waals surface area contributed by atoms with Crippen molar-refractivity contribution in [3.05, 3.63) is 0 Å².